The fourth-order valence-electron chi connectivity index (χ4n) is 1.93. The molecule has 0 aliphatic rings. The van der Waals surface area contributed by atoms with Crippen LogP contribution in [-0.4, -0.2) is 21.3 Å². The summed E-state index contributed by atoms with van der Waals surface area (Å²) in [6, 6.07) is 17.1. The summed E-state index contributed by atoms with van der Waals surface area (Å²) in [5.41, 5.74) is 3.03. The summed E-state index contributed by atoms with van der Waals surface area (Å²) < 4.78 is 1.69. The van der Waals surface area contributed by atoms with Gasteiger partial charge in [-0.25, -0.2) is 4.68 Å². The predicted molar refractivity (Wildman–Crippen MR) is 72.2 cm³/mol. The van der Waals surface area contributed by atoms with E-state index >= 15 is 0 Å². The molecule has 0 atom stereocenters. The van der Waals surface area contributed by atoms with Gasteiger partial charge >= 0.3 is 0 Å². The monoisotopic (exact) mass is 249 g/mol. The van der Waals surface area contributed by atoms with E-state index in [1.807, 2.05) is 54.7 Å². The van der Waals surface area contributed by atoms with Gasteiger partial charge in [0.1, 0.15) is 5.69 Å². The second-order valence-corrected chi connectivity index (χ2v) is 4.09. The van der Waals surface area contributed by atoms with Crippen LogP contribution in [0.4, 0.5) is 0 Å². The summed E-state index contributed by atoms with van der Waals surface area (Å²) in [5.74, 6) is 0. The Morgan fingerprint density at radius 3 is 2.47 bits per heavy atom. The average molecular weight is 249 g/mol. The van der Waals surface area contributed by atoms with E-state index in [0.29, 0.717) is 11.3 Å². The van der Waals surface area contributed by atoms with Crippen molar-refractivity contribution in [2.75, 3.05) is 0 Å². The van der Waals surface area contributed by atoms with E-state index in [1.54, 1.807) is 10.7 Å². The first-order valence-corrected chi connectivity index (χ1v) is 5.91. The maximum Gasteiger partial charge on any atom is 0.150 e. The fourth-order valence-corrected chi connectivity index (χ4v) is 1.93. The fraction of sp³-hybridized carbons (Fsp3) is 0. The Hall–Kier alpha value is -2.75. The van der Waals surface area contributed by atoms with Gasteiger partial charge < -0.3 is 0 Å². The number of carbonyl (C=O) groups is 1. The molecule has 0 radical (unpaired) electrons. The second kappa shape index (κ2) is 4.86. The maximum atomic E-state index is 11.0. The van der Waals surface area contributed by atoms with Crippen LogP contribution in [0.15, 0.2) is 60.8 Å². The minimum atomic E-state index is 0.614. The molecule has 0 fully saturated rings. The van der Waals surface area contributed by atoms with Crippen LogP contribution in [0.25, 0.3) is 16.9 Å². The van der Waals surface area contributed by atoms with Crippen molar-refractivity contribution in [3.63, 3.8) is 0 Å². The highest BCUT2D eigenvalue weighted by Gasteiger charge is 2.08. The van der Waals surface area contributed by atoms with Gasteiger partial charge in [-0.3, -0.25) is 4.79 Å². The summed E-state index contributed by atoms with van der Waals surface area (Å²) >= 11 is 0. The lowest BCUT2D eigenvalue weighted by Gasteiger charge is -1.99. The lowest BCUT2D eigenvalue weighted by molar-refractivity contribution is 0.112. The molecule has 0 bridgehead atoms. The van der Waals surface area contributed by atoms with Gasteiger partial charge in [0.05, 0.1) is 11.9 Å². The van der Waals surface area contributed by atoms with Crippen molar-refractivity contribution in [2.24, 2.45) is 0 Å². The van der Waals surface area contributed by atoms with Crippen LogP contribution in [0.2, 0.25) is 0 Å². The summed E-state index contributed by atoms with van der Waals surface area (Å²) in [4.78, 5) is 11.0. The number of para-hydroxylation sites is 1. The van der Waals surface area contributed by atoms with E-state index in [1.165, 1.54) is 0 Å². The van der Waals surface area contributed by atoms with Crippen molar-refractivity contribution >= 4 is 6.29 Å². The molecular formula is C15H11N3O. The number of aromatic nitrogens is 3. The zero-order chi connectivity index (χ0) is 13.1. The van der Waals surface area contributed by atoms with Crippen LogP contribution >= 0.6 is 0 Å². The summed E-state index contributed by atoms with van der Waals surface area (Å²) in [6.07, 6.45) is 2.65. The number of carbonyl (C=O) groups excluding carboxylic acids is 1. The Morgan fingerprint density at radius 1 is 0.947 bits per heavy atom. The first kappa shape index (κ1) is 11.3. The van der Waals surface area contributed by atoms with Gasteiger partial charge in [0.25, 0.3) is 0 Å². The number of benzene rings is 2. The van der Waals surface area contributed by atoms with E-state index in [9.17, 15) is 4.79 Å². The molecule has 0 aliphatic heterocycles. The third-order valence-corrected chi connectivity index (χ3v) is 2.88. The van der Waals surface area contributed by atoms with Crippen LogP contribution in [0.3, 0.4) is 0 Å². The normalized spacial score (nSPS) is 10.3. The van der Waals surface area contributed by atoms with E-state index in [-0.39, 0.29) is 0 Å². The largest absolute Gasteiger partial charge is 0.298 e. The molecule has 0 saturated heterocycles. The van der Waals surface area contributed by atoms with E-state index in [0.717, 1.165) is 17.5 Å². The average Bonchev–Trinajstić information content (AvgIpc) is 2.98. The van der Waals surface area contributed by atoms with Gasteiger partial charge in [0.2, 0.25) is 0 Å². The quantitative estimate of drug-likeness (QED) is 0.670. The second-order valence-electron chi connectivity index (χ2n) is 4.09. The Morgan fingerprint density at radius 2 is 1.68 bits per heavy atom. The SMILES string of the molecule is O=Cc1ccccc1-c1cn(-c2ccccc2)nn1. The molecule has 3 aromatic rings. The zero-order valence-corrected chi connectivity index (χ0v) is 10.1. The number of rotatable bonds is 3. The number of nitrogens with zero attached hydrogens (tertiary/aromatic N) is 3. The molecule has 0 saturated carbocycles. The van der Waals surface area contributed by atoms with Crippen molar-refractivity contribution < 1.29 is 4.79 Å². The van der Waals surface area contributed by atoms with Gasteiger partial charge in [-0.15, -0.1) is 5.10 Å². The van der Waals surface area contributed by atoms with Crippen LogP contribution in [0.1, 0.15) is 10.4 Å². The Labute approximate surface area is 110 Å². The molecule has 0 N–H and O–H groups in total. The van der Waals surface area contributed by atoms with Gasteiger partial charge in [0, 0.05) is 11.1 Å². The first-order chi connectivity index (χ1) is 9.38. The molecule has 2 aromatic carbocycles. The molecule has 4 nitrogen and oxygen atoms in total. The lowest BCUT2D eigenvalue weighted by Crippen LogP contribution is -1.93. The summed E-state index contributed by atoms with van der Waals surface area (Å²) in [5, 5.41) is 8.21. The summed E-state index contributed by atoms with van der Waals surface area (Å²) in [7, 11) is 0. The lowest BCUT2D eigenvalue weighted by atomic mass is 10.1. The molecule has 92 valence electrons. The van der Waals surface area contributed by atoms with Crippen molar-refractivity contribution in [3.8, 4) is 16.9 Å². The third kappa shape index (κ3) is 2.15. The third-order valence-electron chi connectivity index (χ3n) is 2.88. The van der Waals surface area contributed by atoms with Crippen molar-refractivity contribution in [1.29, 1.82) is 0 Å². The molecule has 0 unspecified atom stereocenters. The predicted octanol–water partition coefficient (Wildman–Crippen LogP) is 2.75. The van der Waals surface area contributed by atoms with Crippen molar-refractivity contribution in [2.45, 2.75) is 0 Å². The van der Waals surface area contributed by atoms with E-state index in [2.05, 4.69) is 10.3 Å². The smallest absolute Gasteiger partial charge is 0.150 e. The van der Waals surface area contributed by atoms with Crippen molar-refractivity contribution in [3.05, 3.63) is 66.4 Å². The molecule has 19 heavy (non-hydrogen) atoms. The minimum Gasteiger partial charge on any atom is -0.298 e. The highest BCUT2D eigenvalue weighted by molar-refractivity contribution is 5.86. The minimum absolute atomic E-state index is 0.614. The standard InChI is InChI=1S/C15H11N3O/c19-11-12-6-4-5-9-14(12)15-10-18(17-16-15)13-7-2-1-3-8-13/h1-11H. The van der Waals surface area contributed by atoms with E-state index < -0.39 is 0 Å². The Kier molecular flexibility index (Phi) is 2.90. The first-order valence-electron chi connectivity index (χ1n) is 5.91. The number of hydrogen-bond donors (Lipinski definition) is 0. The highest BCUT2D eigenvalue weighted by atomic mass is 16.1. The van der Waals surface area contributed by atoms with Crippen molar-refractivity contribution in [1.82, 2.24) is 15.0 Å². The van der Waals surface area contributed by atoms with Gasteiger partial charge in [0.15, 0.2) is 6.29 Å². The number of hydrogen-bond acceptors (Lipinski definition) is 3. The molecule has 0 spiro atoms. The zero-order valence-electron chi connectivity index (χ0n) is 10.1. The van der Waals surface area contributed by atoms with Gasteiger partial charge in [-0.1, -0.05) is 47.7 Å². The number of aldehydes is 1. The van der Waals surface area contributed by atoms with Crippen LogP contribution in [0.5, 0.6) is 0 Å². The molecule has 0 aliphatic carbocycles. The van der Waals surface area contributed by atoms with Gasteiger partial charge in [-0.2, -0.15) is 0 Å². The van der Waals surface area contributed by atoms with E-state index in [4.69, 9.17) is 0 Å². The topological polar surface area (TPSA) is 47.8 Å². The van der Waals surface area contributed by atoms with Crippen LogP contribution < -0.4 is 0 Å². The molecule has 1 aromatic heterocycles. The molecule has 0 amide bonds. The Balaban J connectivity index is 2.04. The highest BCUT2D eigenvalue weighted by Crippen LogP contribution is 2.20. The summed E-state index contributed by atoms with van der Waals surface area (Å²) in [6.45, 7) is 0. The maximum absolute atomic E-state index is 11.0. The molecular weight excluding hydrogens is 238 g/mol. The van der Waals surface area contributed by atoms with Crippen LogP contribution in [-0.2, 0) is 0 Å². The molecule has 1 heterocycles. The molecule has 3 rings (SSSR count). The van der Waals surface area contributed by atoms with Crippen LogP contribution in [0, 0.1) is 0 Å². The Bertz CT molecular complexity index is 704. The van der Waals surface area contributed by atoms with Gasteiger partial charge in [-0.05, 0) is 12.1 Å². The molecule has 4 heteroatoms.